The van der Waals surface area contributed by atoms with Crippen molar-refractivity contribution in [1.29, 1.82) is 0 Å². The highest BCUT2D eigenvalue weighted by Crippen LogP contribution is 2.00. The maximum Gasteiger partial charge on any atom is 0.125 e. The summed E-state index contributed by atoms with van der Waals surface area (Å²) in [6, 6.07) is 0. The molecule has 0 spiro atoms. The minimum atomic E-state index is -0.338. The van der Waals surface area contributed by atoms with Crippen molar-refractivity contribution in [3.63, 3.8) is 0 Å². The van der Waals surface area contributed by atoms with Crippen molar-refractivity contribution in [2.45, 2.75) is 11.8 Å². The molecule has 0 aliphatic heterocycles. The topological polar surface area (TPSA) is 0 Å². The molecule has 0 aromatic rings. The molecule has 0 atom stereocenters. The minimum Gasteiger partial charge on any atom is -0.101 e. The Bertz CT molecular complexity index is 47.5. The van der Waals surface area contributed by atoms with Crippen LogP contribution in [0.5, 0.6) is 0 Å². The quantitative estimate of drug-likeness (QED) is 0.372. The minimum absolute atomic E-state index is 0.338. The smallest absolute Gasteiger partial charge is 0.101 e. The van der Waals surface area contributed by atoms with E-state index in [-0.39, 0.29) is 4.84 Å². The van der Waals surface area contributed by atoms with Gasteiger partial charge in [0.15, 0.2) is 0 Å². The Morgan fingerprint density at radius 1 is 1.50 bits per heavy atom. The van der Waals surface area contributed by atoms with Crippen LogP contribution in [0.4, 0.5) is 0 Å². The van der Waals surface area contributed by atoms with Crippen LogP contribution in [-0.4, -0.2) is 4.84 Å². The second-order valence-electron chi connectivity index (χ2n) is 0.860. The molecule has 36 valence electrons. The van der Waals surface area contributed by atoms with Gasteiger partial charge in [-0.2, -0.15) is 0 Å². The lowest BCUT2D eigenvalue weighted by Gasteiger charge is -1.81. The Morgan fingerprint density at radius 3 is 2.00 bits per heavy atom. The maximum atomic E-state index is 5.26. The second-order valence-corrected chi connectivity index (χ2v) is 2.02. The summed E-state index contributed by atoms with van der Waals surface area (Å²) in [6.07, 6.45) is 3.51. The van der Waals surface area contributed by atoms with E-state index in [1.54, 1.807) is 6.08 Å². The van der Waals surface area contributed by atoms with Crippen molar-refractivity contribution in [1.82, 2.24) is 0 Å². The van der Waals surface area contributed by atoms with Crippen LogP contribution in [0, 0.1) is 0 Å². The second kappa shape index (κ2) is 3.51. The van der Waals surface area contributed by atoms with Crippen LogP contribution >= 0.6 is 23.2 Å². The van der Waals surface area contributed by atoms with Crippen LogP contribution < -0.4 is 0 Å². The van der Waals surface area contributed by atoms with Crippen LogP contribution in [0.3, 0.4) is 0 Å². The molecule has 0 radical (unpaired) electrons. The molecule has 0 fully saturated rings. The molecule has 0 unspecified atom stereocenters. The van der Waals surface area contributed by atoms with E-state index in [1.807, 2.05) is 13.0 Å². The average Bonchev–Trinajstić information content (AvgIpc) is 1.35. The van der Waals surface area contributed by atoms with E-state index >= 15 is 0 Å². The fourth-order valence-electron chi connectivity index (χ4n) is 0.145. The molecule has 0 saturated carbocycles. The van der Waals surface area contributed by atoms with Crippen molar-refractivity contribution in [3.05, 3.63) is 12.2 Å². The van der Waals surface area contributed by atoms with Crippen molar-refractivity contribution >= 4 is 23.2 Å². The van der Waals surface area contributed by atoms with E-state index in [9.17, 15) is 0 Å². The highest BCUT2D eigenvalue weighted by molar-refractivity contribution is 6.45. The van der Waals surface area contributed by atoms with Gasteiger partial charge in [0.25, 0.3) is 0 Å². The molecule has 0 aromatic carbocycles. The number of alkyl halides is 2. The fraction of sp³-hybridized carbons (Fsp3) is 0.500. The molecule has 0 amide bonds. The molecule has 0 heterocycles. The SMILES string of the molecule is C/C=C\C(Cl)Cl. The fourth-order valence-corrected chi connectivity index (χ4v) is 0.436. The lowest BCUT2D eigenvalue weighted by atomic mass is 10.6. The summed E-state index contributed by atoms with van der Waals surface area (Å²) in [7, 11) is 0. The Hall–Kier alpha value is 0.320. The molecular weight excluding hydrogens is 119 g/mol. The van der Waals surface area contributed by atoms with Gasteiger partial charge in [0.05, 0.1) is 0 Å². The van der Waals surface area contributed by atoms with Gasteiger partial charge < -0.3 is 0 Å². The highest BCUT2D eigenvalue weighted by atomic mass is 35.5. The molecule has 0 nitrogen and oxygen atoms in total. The first-order chi connectivity index (χ1) is 2.77. The third-order valence-corrected chi connectivity index (χ3v) is 0.629. The van der Waals surface area contributed by atoms with Crippen molar-refractivity contribution in [3.8, 4) is 0 Å². The Kier molecular flexibility index (Phi) is 3.70. The summed E-state index contributed by atoms with van der Waals surface area (Å²) in [5.41, 5.74) is 0. The van der Waals surface area contributed by atoms with Crippen LogP contribution in [0.2, 0.25) is 0 Å². The summed E-state index contributed by atoms with van der Waals surface area (Å²) < 4.78 is 0. The number of halogens is 2. The molecule has 0 saturated heterocycles. The summed E-state index contributed by atoms with van der Waals surface area (Å²) >= 11 is 10.5. The molecule has 0 aliphatic rings. The maximum absolute atomic E-state index is 5.26. The highest BCUT2D eigenvalue weighted by Gasteiger charge is 1.83. The van der Waals surface area contributed by atoms with Crippen LogP contribution in [0.15, 0.2) is 12.2 Å². The Morgan fingerprint density at radius 2 is 2.00 bits per heavy atom. The first-order valence-electron chi connectivity index (χ1n) is 1.68. The molecular formula is C4H6Cl2. The van der Waals surface area contributed by atoms with Gasteiger partial charge >= 0.3 is 0 Å². The third kappa shape index (κ3) is 4.32. The summed E-state index contributed by atoms with van der Waals surface area (Å²) in [6.45, 7) is 1.87. The first kappa shape index (κ1) is 6.32. The van der Waals surface area contributed by atoms with Crippen LogP contribution in [-0.2, 0) is 0 Å². The van der Waals surface area contributed by atoms with Gasteiger partial charge in [0.2, 0.25) is 0 Å². The van der Waals surface area contributed by atoms with Crippen LogP contribution in [0.1, 0.15) is 6.92 Å². The zero-order valence-electron chi connectivity index (χ0n) is 3.49. The van der Waals surface area contributed by atoms with Gasteiger partial charge in [0.1, 0.15) is 4.84 Å². The van der Waals surface area contributed by atoms with Gasteiger partial charge in [-0.1, -0.05) is 12.2 Å². The lowest BCUT2D eigenvalue weighted by molar-refractivity contribution is 1.56. The van der Waals surface area contributed by atoms with E-state index in [0.29, 0.717) is 0 Å². The van der Waals surface area contributed by atoms with Gasteiger partial charge in [-0.3, -0.25) is 0 Å². The van der Waals surface area contributed by atoms with Crippen molar-refractivity contribution in [2.24, 2.45) is 0 Å². The molecule has 6 heavy (non-hydrogen) atoms. The summed E-state index contributed by atoms with van der Waals surface area (Å²) in [5.74, 6) is 0. The predicted octanol–water partition coefficient (Wildman–Crippen LogP) is 2.37. The van der Waals surface area contributed by atoms with Crippen molar-refractivity contribution in [2.75, 3.05) is 0 Å². The van der Waals surface area contributed by atoms with Gasteiger partial charge in [-0.05, 0) is 6.92 Å². The lowest BCUT2D eigenvalue weighted by Crippen LogP contribution is -1.71. The summed E-state index contributed by atoms with van der Waals surface area (Å²) in [4.78, 5) is -0.338. The summed E-state index contributed by atoms with van der Waals surface area (Å²) in [5, 5.41) is 0. The Balaban J connectivity index is 3.03. The molecule has 0 bridgehead atoms. The van der Waals surface area contributed by atoms with E-state index < -0.39 is 0 Å². The number of hydrogen-bond donors (Lipinski definition) is 0. The predicted molar refractivity (Wildman–Crippen MR) is 30.3 cm³/mol. The number of allylic oxidation sites excluding steroid dienone is 2. The van der Waals surface area contributed by atoms with E-state index in [4.69, 9.17) is 23.2 Å². The van der Waals surface area contributed by atoms with E-state index in [2.05, 4.69) is 0 Å². The van der Waals surface area contributed by atoms with Gasteiger partial charge in [0, 0.05) is 0 Å². The van der Waals surface area contributed by atoms with Crippen molar-refractivity contribution < 1.29 is 0 Å². The molecule has 0 aromatic heterocycles. The average molecular weight is 125 g/mol. The zero-order chi connectivity index (χ0) is 4.99. The Labute approximate surface area is 47.8 Å². The van der Waals surface area contributed by atoms with E-state index in [0.717, 1.165) is 0 Å². The molecule has 0 aliphatic carbocycles. The first-order valence-corrected chi connectivity index (χ1v) is 2.55. The van der Waals surface area contributed by atoms with Gasteiger partial charge in [-0.25, -0.2) is 0 Å². The van der Waals surface area contributed by atoms with E-state index in [1.165, 1.54) is 0 Å². The number of hydrogen-bond acceptors (Lipinski definition) is 0. The monoisotopic (exact) mass is 124 g/mol. The third-order valence-electron chi connectivity index (χ3n) is 0.338. The molecule has 0 N–H and O–H groups in total. The number of rotatable bonds is 1. The van der Waals surface area contributed by atoms with Crippen LogP contribution in [0.25, 0.3) is 0 Å². The normalized spacial score (nSPS) is 11.3. The molecule has 2 heteroatoms. The standard InChI is InChI=1S/C4H6Cl2/c1-2-3-4(5)6/h2-4H,1H3/b3-2-. The largest absolute Gasteiger partial charge is 0.125 e. The zero-order valence-corrected chi connectivity index (χ0v) is 5.00. The van der Waals surface area contributed by atoms with Gasteiger partial charge in [-0.15, -0.1) is 23.2 Å². The molecule has 0 rings (SSSR count).